The van der Waals surface area contributed by atoms with Gasteiger partial charge in [-0.3, -0.25) is 9.69 Å². The fourth-order valence-corrected chi connectivity index (χ4v) is 9.18. The maximum atomic E-state index is 14.6. The van der Waals surface area contributed by atoms with Crippen LogP contribution in [0.5, 0.6) is 11.5 Å². The van der Waals surface area contributed by atoms with E-state index in [4.69, 9.17) is 19.0 Å². The molecule has 1 saturated heterocycles. The first-order valence-electron chi connectivity index (χ1n) is 19.6. The zero-order chi connectivity index (χ0) is 37.7. The summed E-state index contributed by atoms with van der Waals surface area (Å²) in [5.74, 6) is -0.0696. The quantitative estimate of drug-likeness (QED) is 0.0653. The van der Waals surface area contributed by atoms with Gasteiger partial charge in [-0.1, -0.05) is 60.5 Å². The molecule has 6 atom stereocenters. The molecule has 2 fully saturated rings. The number of hydrogen-bond donors (Lipinski definition) is 2. The third-order valence-electron chi connectivity index (χ3n) is 11.8. The number of unbranched alkanes of at least 4 members (excludes halogenated alkanes) is 2. The minimum atomic E-state index is -1.29. The molecule has 2 aliphatic carbocycles. The van der Waals surface area contributed by atoms with Crippen LogP contribution in [0, 0.1) is 17.8 Å². The van der Waals surface area contributed by atoms with Crippen molar-refractivity contribution in [1.82, 2.24) is 9.80 Å². The Labute approximate surface area is 319 Å². The van der Waals surface area contributed by atoms with Crippen LogP contribution in [-0.4, -0.2) is 104 Å². The van der Waals surface area contributed by atoms with E-state index in [1.165, 1.54) is 0 Å². The van der Waals surface area contributed by atoms with E-state index in [0.29, 0.717) is 30.8 Å². The van der Waals surface area contributed by atoms with E-state index in [0.717, 1.165) is 85.1 Å². The molecule has 1 saturated carbocycles. The lowest BCUT2D eigenvalue weighted by molar-refractivity contribution is -0.252. The number of ether oxygens (including phenoxy) is 3. The van der Waals surface area contributed by atoms with E-state index in [-0.39, 0.29) is 49.4 Å². The molecule has 0 unspecified atom stereocenters. The molecule has 10 heteroatoms. The number of aliphatic hydroxyl groups is 2. The smallest absolute Gasteiger partial charge is 0.254 e. The van der Waals surface area contributed by atoms with Crippen LogP contribution in [0.25, 0.3) is 10.8 Å². The van der Waals surface area contributed by atoms with Gasteiger partial charge in [0.1, 0.15) is 31.3 Å². The van der Waals surface area contributed by atoms with E-state index in [2.05, 4.69) is 28.8 Å². The van der Waals surface area contributed by atoms with Crippen LogP contribution in [0.3, 0.4) is 0 Å². The second-order valence-corrected chi connectivity index (χ2v) is 15.1. The number of allylic oxidation sites excluding steroid dienone is 1. The van der Waals surface area contributed by atoms with Crippen LogP contribution >= 0.6 is 0 Å². The summed E-state index contributed by atoms with van der Waals surface area (Å²) in [5.41, 5.74) is 3.41. The fourth-order valence-electron chi connectivity index (χ4n) is 9.18. The number of nitrogens with zero attached hydrogens (tertiary/aromatic N) is 3. The van der Waals surface area contributed by atoms with E-state index >= 15 is 0 Å². The van der Waals surface area contributed by atoms with Gasteiger partial charge in [0, 0.05) is 63.4 Å². The van der Waals surface area contributed by atoms with Crippen LogP contribution < -0.4 is 9.47 Å². The van der Waals surface area contributed by atoms with Gasteiger partial charge in [-0.25, -0.2) is 0 Å². The first-order valence-corrected chi connectivity index (χ1v) is 19.6. The molecule has 3 aromatic rings. The average Bonchev–Trinajstić information content (AvgIpc) is 4.03. The van der Waals surface area contributed by atoms with Gasteiger partial charge in [-0.05, 0) is 84.2 Å². The molecular weight excluding hydrogens is 682 g/mol. The summed E-state index contributed by atoms with van der Waals surface area (Å²) < 4.78 is 20.6. The number of oxime groups is 1. The molecule has 288 valence electrons. The number of carbonyl (C=O) groups is 1. The van der Waals surface area contributed by atoms with Gasteiger partial charge in [0.2, 0.25) is 5.79 Å². The zero-order valence-corrected chi connectivity index (χ0v) is 31.7. The average molecular weight is 738 g/mol. The molecule has 0 aromatic heterocycles. The zero-order valence-electron chi connectivity index (χ0n) is 31.7. The molecule has 0 bridgehead atoms. The van der Waals surface area contributed by atoms with Crippen molar-refractivity contribution in [3.63, 3.8) is 0 Å². The number of aliphatic hydroxyl groups excluding tert-OH is 2. The van der Waals surface area contributed by atoms with Crippen LogP contribution in [0.2, 0.25) is 0 Å². The van der Waals surface area contributed by atoms with Crippen molar-refractivity contribution in [2.45, 2.75) is 62.7 Å². The first-order chi connectivity index (χ1) is 26.4. The summed E-state index contributed by atoms with van der Waals surface area (Å²) >= 11 is 0. The maximum absolute atomic E-state index is 14.6. The van der Waals surface area contributed by atoms with Gasteiger partial charge in [-0.2, -0.15) is 0 Å². The number of benzene rings is 3. The van der Waals surface area contributed by atoms with Gasteiger partial charge in [0.15, 0.2) is 0 Å². The summed E-state index contributed by atoms with van der Waals surface area (Å²) in [4.78, 5) is 24.3. The first kappa shape index (κ1) is 38.1. The van der Waals surface area contributed by atoms with Crippen molar-refractivity contribution in [2.24, 2.45) is 22.9 Å². The van der Waals surface area contributed by atoms with Gasteiger partial charge < -0.3 is 34.2 Å². The molecule has 2 N–H and O–H groups in total. The van der Waals surface area contributed by atoms with Crippen LogP contribution in [0.1, 0.15) is 66.8 Å². The molecule has 2 heterocycles. The highest BCUT2D eigenvalue weighted by atomic mass is 16.7. The Kier molecular flexibility index (Phi) is 12.0. The minimum absolute atomic E-state index is 0.0962. The number of fused-ring (bicyclic) bond motifs is 3. The number of carbonyl (C=O) groups excluding carboxylic acids is 1. The Morgan fingerprint density at radius 3 is 2.56 bits per heavy atom. The number of hydrogen-bond acceptors (Lipinski definition) is 9. The second kappa shape index (κ2) is 17.1. The molecule has 10 nitrogen and oxygen atoms in total. The Bertz CT molecular complexity index is 1860. The van der Waals surface area contributed by atoms with Gasteiger partial charge in [0.05, 0.1) is 18.2 Å². The molecular formula is C44H55N3O7. The fraction of sp³-hybridized carbons (Fsp3) is 0.500. The molecule has 4 aliphatic rings. The molecule has 3 aromatic carbocycles. The van der Waals surface area contributed by atoms with Gasteiger partial charge >= 0.3 is 0 Å². The highest BCUT2D eigenvalue weighted by molar-refractivity contribution is 6.04. The lowest BCUT2D eigenvalue weighted by Crippen LogP contribution is -2.69. The Morgan fingerprint density at radius 2 is 1.81 bits per heavy atom. The third-order valence-corrected chi connectivity index (χ3v) is 11.8. The van der Waals surface area contributed by atoms with Crippen LogP contribution in [0.4, 0.5) is 0 Å². The molecule has 0 spiro atoms. The highest BCUT2D eigenvalue weighted by Crippen LogP contribution is 2.61. The molecule has 7 rings (SSSR count). The standard InChI is InChI=1S/C44H55N3O7/c1-4-24-53-44-40(46(2)43(50)33-16-15-30-11-5-6-12-31(30)26-33)29-38(45-51-3)36-27-32(13-7-9-22-48)35(14-8-10-23-49)41(42(36)44)37-28-34(17-18-39(37)54-44)52-25-21-47-19-20-47/h4-6,11-12,15-18,26-28,32,35,40-42,48-49H,1,7-10,13-14,19-25,29H2,2-3H3/t32-,35+,40-,41+,42+,44+/m0/s1. The van der Waals surface area contributed by atoms with Crippen LogP contribution in [-0.2, 0) is 9.57 Å². The summed E-state index contributed by atoms with van der Waals surface area (Å²) in [7, 11) is 3.40. The minimum Gasteiger partial charge on any atom is -0.492 e. The van der Waals surface area contributed by atoms with Gasteiger partial charge in [-0.15, -0.1) is 6.58 Å². The van der Waals surface area contributed by atoms with Crippen molar-refractivity contribution in [3.05, 3.63) is 96.1 Å². The van der Waals surface area contributed by atoms with Crippen molar-refractivity contribution in [1.29, 1.82) is 0 Å². The molecule has 54 heavy (non-hydrogen) atoms. The van der Waals surface area contributed by atoms with E-state index < -0.39 is 11.8 Å². The summed E-state index contributed by atoms with van der Waals surface area (Å²) in [6.07, 6.45) is 9.37. The SMILES string of the molecule is C=CCO[C@@]12Oc3ccc(OCCN4CC4)cc3[C@H]3[C@H](CCCCO)[C@@H](CCCCO)C=C(C(=NOC)C[C@@H]1N(C)C(=O)c1ccc4ccccc4c1)[C@H]32. The number of amides is 1. The predicted octanol–water partition coefficient (Wildman–Crippen LogP) is 6.57. The van der Waals surface area contributed by atoms with E-state index in [9.17, 15) is 15.0 Å². The van der Waals surface area contributed by atoms with Crippen LogP contribution in [0.15, 0.2) is 90.1 Å². The largest absolute Gasteiger partial charge is 0.492 e. The summed E-state index contributed by atoms with van der Waals surface area (Å²) in [6, 6.07) is 19.4. The maximum Gasteiger partial charge on any atom is 0.254 e. The molecule has 2 aliphatic heterocycles. The second-order valence-electron chi connectivity index (χ2n) is 15.1. The Morgan fingerprint density at radius 1 is 1.04 bits per heavy atom. The van der Waals surface area contributed by atoms with Crippen molar-refractivity contribution in [2.75, 3.05) is 60.2 Å². The van der Waals surface area contributed by atoms with Crippen molar-refractivity contribution >= 4 is 22.4 Å². The Hall–Kier alpha value is -4.22. The normalized spacial score (nSPS) is 26.3. The third kappa shape index (κ3) is 7.67. The van der Waals surface area contributed by atoms with Crippen molar-refractivity contribution < 1.29 is 34.1 Å². The lowest BCUT2D eigenvalue weighted by atomic mass is 9.55. The van der Waals surface area contributed by atoms with Crippen molar-refractivity contribution in [3.8, 4) is 11.5 Å². The van der Waals surface area contributed by atoms with E-state index in [1.54, 1.807) is 18.1 Å². The van der Waals surface area contributed by atoms with Gasteiger partial charge in [0.25, 0.3) is 5.91 Å². The summed E-state index contributed by atoms with van der Waals surface area (Å²) in [6.45, 7) is 8.22. The lowest BCUT2D eigenvalue weighted by Gasteiger charge is -2.59. The predicted molar refractivity (Wildman–Crippen MR) is 210 cm³/mol. The number of likely N-dealkylation sites (N-methyl/N-ethyl adjacent to an activating group) is 1. The Balaban J connectivity index is 1.38. The highest BCUT2D eigenvalue weighted by Gasteiger charge is 2.65. The molecule has 1 amide bonds. The topological polar surface area (TPSA) is 113 Å². The number of rotatable bonds is 18. The van der Waals surface area contributed by atoms with E-state index in [1.807, 2.05) is 61.6 Å². The molecule has 0 radical (unpaired) electrons. The summed E-state index contributed by atoms with van der Waals surface area (Å²) in [5, 5.41) is 26.3. The monoisotopic (exact) mass is 737 g/mol.